The van der Waals surface area contributed by atoms with Crippen LogP contribution in [0.15, 0.2) is 29.4 Å². The molecule has 1 N–H and O–H groups in total. The van der Waals surface area contributed by atoms with E-state index >= 15 is 0 Å². The Morgan fingerprint density at radius 1 is 1.39 bits per heavy atom. The average Bonchev–Trinajstić information content (AvgIpc) is 2.49. The van der Waals surface area contributed by atoms with Crippen LogP contribution in [0.5, 0.6) is 0 Å². The minimum atomic E-state index is -1.01. The third-order valence-corrected chi connectivity index (χ3v) is 3.42. The molecule has 0 unspecified atom stereocenters. The van der Waals surface area contributed by atoms with Crippen LogP contribution in [-0.4, -0.2) is 41.7 Å². The zero-order valence-electron chi connectivity index (χ0n) is 12.7. The number of carbonyl (C=O) groups excluding carboxylic acids is 3. The normalized spacial score (nSPS) is 15.7. The number of esters is 1. The van der Waals surface area contributed by atoms with Crippen molar-refractivity contribution in [2.75, 3.05) is 12.4 Å². The number of rotatable bonds is 4. The number of nitrogens with one attached hydrogen (secondary N) is 1. The van der Waals surface area contributed by atoms with E-state index in [4.69, 9.17) is 16.3 Å². The summed E-state index contributed by atoms with van der Waals surface area (Å²) in [7, 11) is 1.46. The summed E-state index contributed by atoms with van der Waals surface area (Å²) in [6, 6.07) is 6.63. The van der Waals surface area contributed by atoms with Crippen molar-refractivity contribution in [2.24, 2.45) is 5.10 Å². The lowest BCUT2D eigenvalue weighted by Gasteiger charge is -2.20. The third kappa shape index (κ3) is 4.53. The number of anilines is 1. The first kappa shape index (κ1) is 17.0. The molecule has 0 saturated heterocycles. The number of benzene rings is 1. The van der Waals surface area contributed by atoms with E-state index in [1.54, 1.807) is 24.3 Å². The predicted octanol–water partition coefficient (Wildman–Crippen LogP) is 1.82. The fourth-order valence-corrected chi connectivity index (χ4v) is 2.10. The first-order valence-electron chi connectivity index (χ1n) is 6.98. The van der Waals surface area contributed by atoms with Gasteiger partial charge in [0.05, 0.1) is 0 Å². The Morgan fingerprint density at radius 3 is 2.78 bits per heavy atom. The Balaban J connectivity index is 1.94. The Morgan fingerprint density at radius 2 is 2.13 bits per heavy atom. The Bertz CT molecular complexity index is 674. The summed E-state index contributed by atoms with van der Waals surface area (Å²) in [5.74, 6) is -1.37. The van der Waals surface area contributed by atoms with Gasteiger partial charge in [-0.25, -0.2) is 9.80 Å². The highest BCUT2D eigenvalue weighted by Crippen LogP contribution is 2.15. The minimum absolute atomic E-state index is 0.120. The lowest BCUT2D eigenvalue weighted by atomic mass is 10.2. The SMILES string of the molecule is C[C@@H](OC(=O)C1=NN(C)C(=O)CC1)C(=O)Nc1cccc(Cl)c1. The van der Waals surface area contributed by atoms with Gasteiger partial charge in [0.1, 0.15) is 5.71 Å². The quantitative estimate of drug-likeness (QED) is 0.849. The van der Waals surface area contributed by atoms with Crippen LogP contribution in [0.1, 0.15) is 19.8 Å². The summed E-state index contributed by atoms with van der Waals surface area (Å²) < 4.78 is 5.08. The molecule has 1 aliphatic heterocycles. The molecule has 1 aromatic rings. The fraction of sp³-hybridized carbons (Fsp3) is 0.333. The molecule has 0 spiro atoms. The summed E-state index contributed by atoms with van der Waals surface area (Å²) in [5.41, 5.74) is 0.625. The predicted molar refractivity (Wildman–Crippen MR) is 85.1 cm³/mol. The Hall–Kier alpha value is -2.41. The van der Waals surface area contributed by atoms with Gasteiger partial charge in [0.25, 0.3) is 5.91 Å². The highest BCUT2D eigenvalue weighted by atomic mass is 35.5. The van der Waals surface area contributed by atoms with Crippen molar-refractivity contribution in [1.82, 2.24) is 5.01 Å². The number of amides is 2. The largest absolute Gasteiger partial charge is 0.448 e. The first-order valence-corrected chi connectivity index (χ1v) is 7.36. The van der Waals surface area contributed by atoms with Crippen LogP contribution in [-0.2, 0) is 19.1 Å². The molecule has 0 saturated carbocycles. The first-order chi connectivity index (χ1) is 10.9. The summed E-state index contributed by atoms with van der Waals surface area (Å²) in [4.78, 5) is 35.3. The van der Waals surface area contributed by atoms with Gasteiger partial charge in [-0.15, -0.1) is 0 Å². The van der Waals surface area contributed by atoms with E-state index in [0.29, 0.717) is 10.7 Å². The van der Waals surface area contributed by atoms with Gasteiger partial charge >= 0.3 is 5.97 Å². The molecule has 1 aromatic carbocycles. The maximum atomic E-state index is 12.0. The topological polar surface area (TPSA) is 88.1 Å². The van der Waals surface area contributed by atoms with Crippen LogP contribution in [0.2, 0.25) is 5.02 Å². The fourth-order valence-electron chi connectivity index (χ4n) is 1.91. The summed E-state index contributed by atoms with van der Waals surface area (Å²) in [6.45, 7) is 1.45. The zero-order valence-corrected chi connectivity index (χ0v) is 13.5. The number of hydrogen-bond acceptors (Lipinski definition) is 5. The molecule has 1 aliphatic rings. The lowest BCUT2D eigenvalue weighted by Crippen LogP contribution is -2.36. The zero-order chi connectivity index (χ0) is 17.0. The second-order valence-corrected chi connectivity index (χ2v) is 5.45. The highest BCUT2D eigenvalue weighted by molar-refractivity contribution is 6.37. The van der Waals surface area contributed by atoms with Crippen molar-refractivity contribution in [2.45, 2.75) is 25.9 Å². The van der Waals surface area contributed by atoms with E-state index in [2.05, 4.69) is 10.4 Å². The van der Waals surface area contributed by atoms with Crippen LogP contribution in [0.25, 0.3) is 0 Å². The highest BCUT2D eigenvalue weighted by Gasteiger charge is 2.26. The molecular weight excluding hydrogens is 322 g/mol. The van der Waals surface area contributed by atoms with E-state index in [9.17, 15) is 14.4 Å². The van der Waals surface area contributed by atoms with Gasteiger partial charge in [-0.05, 0) is 25.1 Å². The van der Waals surface area contributed by atoms with Crippen LogP contribution in [0.3, 0.4) is 0 Å². The molecule has 1 atom stereocenters. The van der Waals surface area contributed by atoms with E-state index in [1.807, 2.05) is 0 Å². The number of halogens is 1. The number of hydrogen-bond donors (Lipinski definition) is 1. The second kappa shape index (κ2) is 7.23. The summed E-state index contributed by atoms with van der Waals surface area (Å²) >= 11 is 5.83. The number of ether oxygens (including phenoxy) is 1. The molecule has 1 heterocycles. The van der Waals surface area contributed by atoms with Crippen molar-refractivity contribution >= 4 is 40.8 Å². The van der Waals surface area contributed by atoms with Crippen molar-refractivity contribution in [3.05, 3.63) is 29.3 Å². The number of nitrogens with zero attached hydrogens (tertiary/aromatic N) is 2. The van der Waals surface area contributed by atoms with Gasteiger partial charge in [0, 0.05) is 30.6 Å². The van der Waals surface area contributed by atoms with E-state index < -0.39 is 18.0 Å². The molecule has 2 rings (SSSR count). The van der Waals surface area contributed by atoms with Crippen LogP contribution in [0.4, 0.5) is 5.69 Å². The average molecular weight is 338 g/mol. The van der Waals surface area contributed by atoms with Crippen molar-refractivity contribution < 1.29 is 19.1 Å². The standard InChI is InChI=1S/C15H16ClN3O4/c1-9(14(21)17-11-5-3-4-10(16)8-11)23-15(22)12-6-7-13(20)19(2)18-12/h3-5,8-9H,6-7H2,1-2H3,(H,17,21)/t9-/m1/s1. The van der Waals surface area contributed by atoms with Crippen molar-refractivity contribution in [1.29, 1.82) is 0 Å². The number of carbonyl (C=O) groups is 3. The molecule has 0 aliphatic carbocycles. The molecule has 2 amide bonds. The van der Waals surface area contributed by atoms with Gasteiger partial charge in [-0.1, -0.05) is 17.7 Å². The van der Waals surface area contributed by atoms with Crippen LogP contribution >= 0.6 is 11.6 Å². The smallest absolute Gasteiger partial charge is 0.355 e. The maximum Gasteiger partial charge on any atom is 0.355 e. The van der Waals surface area contributed by atoms with Gasteiger partial charge < -0.3 is 10.1 Å². The lowest BCUT2D eigenvalue weighted by molar-refractivity contribution is -0.146. The molecule has 0 aromatic heterocycles. The molecule has 0 bridgehead atoms. The van der Waals surface area contributed by atoms with E-state index in [-0.39, 0.29) is 24.5 Å². The van der Waals surface area contributed by atoms with Gasteiger partial charge in [-0.2, -0.15) is 5.10 Å². The van der Waals surface area contributed by atoms with E-state index in [1.165, 1.54) is 14.0 Å². The van der Waals surface area contributed by atoms with Crippen molar-refractivity contribution in [3.8, 4) is 0 Å². The molecule has 122 valence electrons. The minimum Gasteiger partial charge on any atom is -0.448 e. The van der Waals surface area contributed by atoms with Crippen molar-refractivity contribution in [3.63, 3.8) is 0 Å². The molecule has 0 radical (unpaired) electrons. The van der Waals surface area contributed by atoms with E-state index in [0.717, 1.165) is 5.01 Å². The van der Waals surface area contributed by atoms with Gasteiger partial charge in [-0.3, -0.25) is 9.59 Å². The molecule has 23 heavy (non-hydrogen) atoms. The summed E-state index contributed by atoms with van der Waals surface area (Å²) in [5, 5.41) is 8.03. The summed E-state index contributed by atoms with van der Waals surface area (Å²) in [6.07, 6.45) is -0.620. The molecule has 8 heteroatoms. The molecule has 0 fully saturated rings. The van der Waals surface area contributed by atoms with Gasteiger partial charge in [0.15, 0.2) is 6.10 Å². The second-order valence-electron chi connectivity index (χ2n) is 5.01. The third-order valence-electron chi connectivity index (χ3n) is 3.19. The molecular formula is C15H16ClN3O4. The number of hydrazone groups is 1. The Labute approximate surface area is 138 Å². The van der Waals surface area contributed by atoms with Crippen LogP contribution < -0.4 is 5.32 Å². The van der Waals surface area contributed by atoms with Gasteiger partial charge in [0.2, 0.25) is 5.91 Å². The molecule has 7 nitrogen and oxygen atoms in total. The Kier molecular flexibility index (Phi) is 5.33. The van der Waals surface area contributed by atoms with Crippen LogP contribution in [0, 0.1) is 0 Å². The maximum absolute atomic E-state index is 12.0. The monoisotopic (exact) mass is 337 g/mol.